The summed E-state index contributed by atoms with van der Waals surface area (Å²) in [4.78, 5) is 4.32. The predicted octanol–water partition coefficient (Wildman–Crippen LogP) is 2.51. The summed E-state index contributed by atoms with van der Waals surface area (Å²) in [6.45, 7) is 5.50. The van der Waals surface area contributed by atoms with Crippen molar-refractivity contribution in [3.8, 4) is 0 Å². The number of hydrogen-bond acceptors (Lipinski definition) is 4. The number of halogens is 1. The number of rotatable bonds is 2. The smallest absolute Gasteiger partial charge is 0.230 e. The zero-order valence-corrected chi connectivity index (χ0v) is 9.70. The molecule has 1 aromatic rings. The Morgan fingerprint density at radius 1 is 1.53 bits per heavy atom. The third-order valence-corrected chi connectivity index (χ3v) is 2.97. The van der Waals surface area contributed by atoms with Crippen molar-refractivity contribution < 1.29 is 9.26 Å². The second-order valence-corrected chi connectivity index (χ2v) is 4.71. The number of aromatic nitrogens is 2. The first-order valence-corrected chi connectivity index (χ1v) is 5.67. The van der Waals surface area contributed by atoms with Gasteiger partial charge in [0.1, 0.15) is 0 Å². The Labute approximate surface area is 93.9 Å². The fourth-order valence-corrected chi connectivity index (χ4v) is 1.90. The summed E-state index contributed by atoms with van der Waals surface area (Å²) in [6, 6.07) is 0. The summed E-state index contributed by atoms with van der Waals surface area (Å²) >= 11 is 5.88. The van der Waals surface area contributed by atoms with Crippen LogP contribution >= 0.6 is 11.6 Å². The van der Waals surface area contributed by atoms with E-state index in [-0.39, 0.29) is 5.38 Å². The van der Waals surface area contributed by atoms with E-state index in [1.807, 2.05) is 6.92 Å². The maximum atomic E-state index is 5.88. The van der Waals surface area contributed by atoms with Gasteiger partial charge in [0.25, 0.3) is 0 Å². The second-order valence-electron chi connectivity index (χ2n) is 4.05. The molecule has 0 N–H and O–H groups in total. The van der Waals surface area contributed by atoms with E-state index in [1.54, 1.807) is 0 Å². The molecule has 2 heterocycles. The van der Waals surface area contributed by atoms with Gasteiger partial charge >= 0.3 is 0 Å². The van der Waals surface area contributed by atoms with Crippen molar-refractivity contribution >= 4 is 11.6 Å². The van der Waals surface area contributed by atoms with Gasteiger partial charge in [-0.25, -0.2) is 0 Å². The van der Waals surface area contributed by atoms with Gasteiger partial charge in [-0.3, -0.25) is 0 Å². The van der Waals surface area contributed by atoms with E-state index in [2.05, 4.69) is 17.1 Å². The van der Waals surface area contributed by atoms with Crippen molar-refractivity contribution in [1.82, 2.24) is 10.1 Å². The molecule has 0 spiro atoms. The molecule has 0 saturated carbocycles. The number of alkyl halides is 1. The lowest BCUT2D eigenvalue weighted by molar-refractivity contribution is 0.0392. The molecule has 84 valence electrons. The summed E-state index contributed by atoms with van der Waals surface area (Å²) in [6.07, 6.45) is 0.944. The van der Waals surface area contributed by atoms with Crippen LogP contribution in [0.1, 0.15) is 43.3 Å². The first-order chi connectivity index (χ1) is 7.18. The van der Waals surface area contributed by atoms with Crippen LogP contribution in [0.15, 0.2) is 4.52 Å². The monoisotopic (exact) mass is 230 g/mol. The molecule has 0 radical (unpaired) electrons. The fraction of sp³-hybridized carbons (Fsp3) is 0.800. The summed E-state index contributed by atoms with van der Waals surface area (Å²) < 4.78 is 10.6. The van der Waals surface area contributed by atoms with E-state index in [9.17, 15) is 0 Å². The third kappa shape index (κ3) is 2.32. The molecule has 1 aliphatic rings. The highest BCUT2D eigenvalue weighted by Gasteiger charge is 2.28. The number of nitrogens with zero attached hydrogens (tertiary/aromatic N) is 2. The molecular formula is C10H15ClN2O2. The molecule has 4 nitrogen and oxygen atoms in total. The van der Waals surface area contributed by atoms with Gasteiger partial charge in [-0.1, -0.05) is 12.1 Å². The highest BCUT2D eigenvalue weighted by molar-refractivity contribution is 6.20. The van der Waals surface area contributed by atoms with Crippen LogP contribution in [0.5, 0.6) is 0 Å². The molecule has 0 amide bonds. The Hall–Kier alpha value is -0.610. The predicted molar refractivity (Wildman–Crippen MR) is 55.9 cm³/mol. The summed E-state index contributed by atoms with van der Waals surface area (Å²) in [5, 5.41) is 3.67. The van der Waals surface area contributed by atoms with Gasteiger partial charge < -0.3 is 9.26 Å². The van der Waals surface area contributed by atoms with Crippen molar-refractivity contribution in [3.63, 3.8) is 0 Å². The lowest BCUT2D eigenvalue weighted by atomic mass is 9.90. The van der Waals surface area contributed by atoms with E-state index >= 15 is 0 Å². The minimum atomic E-state index is -0.197. The average Bonchev–Trinajstić information content (AvgIpc) is 2.67. The van der Waals surface area contributed by atoms with Crippen molar-refractivity contribution in [2.24, 2.45) is 5.92 Å². The molecule has 3 unspecified atom stereocenters. The van der Waals surface area contributed by atoms with Crippen molar-refractivity contribution in [2.45, 2.75) is 31.6 Å². The van der Waals surface area contributed by atoms with Crippen LogP contribution in [0.25, 0.3) is 0 Å². The third-order valence-electron chi connectivity index (χ3n) is 2.77. The maximum absolute atomic E-state index is 5.88. The minimum Gasteiger partial charge on any atom is -0.381 e. The summed E-state index contributed by atoms with van der Waals surface area (Å²) in [5.74, 6) is 2.02. The van der Waals surface area contributed by atoms with Crippen LogP contribution < -0.4 is 0 Å². The Morgan fingerprint density at radius 2 is 2.33 bits per heavy atom. The SMILES string of the molecule is CC(Cl)c1noc(C2CCOCC2C)n1. The van der Waals surface area contributed by atoms with Crippen LogP contribution in [0, 0.1) is 5.92 Å². The zero-order chi connectivity index (χ0) is 10.8. The summed E-state index contributed by atoms with van der Waals surface area (Å²) in [7, 11) is 0. The van der Waals surface area contributed by atoms with Crippen molar-refractivity contribution in [3.05, 3.63) is 11.7 Å². The molecule has 1 saturated heterocycles. The molecule has 0 aliphatic carbocycles. The topological polar surface area (TPSA) is 48.2 Å². The van der Waals surface area contributed by atoms with Crippen molar-refractivity contribution in [2.75, 3.05) is 13.2 Å². The first-order valence-electron chi connectivity index (χ1n) is 5.23. The van der Waals surface area contributed by atoms with Crippen LogP contribution in [-0.4, -0.2) is 23.4 Å². The summed E-state index contributed by atoms with van der Waals surface area (Å²) in [5.41, 5.74) is 0. The van der Waals surface area contributed by atoms with E-state index in [4.69, 9.17) is 20.9 Å². The van der Waals surface area contributed by atoms with Crippen LogP contribution in [0.2, 0.25) is 0 Å². The van der Waals surface area contributed by atoms with Gasteiger partial charge in [0.15, 0.2) is 5.82 Å². The van der Waals surface area contributed by atoms with Crippen LogP contribution in [0.3, 0.4) is 0 Å². The van der Waals surface area contributed by atoms with Gasteiger partial charge in [0.2, 0.25) is 5.89 Å². The highest BCUT2D eigenvalue weighted by atomic mass is 35.5. The number of hydrogen-bond donors (Lipinski definition) is 0. The lowest BCUT2D eigenvalue weighted by Crippen LogP contribution is -2.23. The number of ether oxygens (including phenoxy) is 1. The van der Waals surface area contributed by atoms with E-state index in [1.165, 1.54) is 0 Å². The molecule has 0 aromatic carbocycles. The van der Waals surface area contributed by atoms with E-state index in [0.29, 0.717) is 23.6 Å². The largest absolute Gasteiger partial charge is 0.381 e. The molecule has 2 rings (SSSR count). The van der Waals surface area contributed by atoms with Gasteiger partial charge in [-0.05, 0) is 19.3 Å². The molecule has 15 heavy (non-hydrogen) atoms. The Morgan fingerprint density at radius 3 is 2.93 bits per heavy atom. The molecule has 3 atom stereocenters. The Balaban J connectivity index is 2.13. The average molecular weight is 231 g/mol. The quantitative estimate of drug-likeness (QED) is 0.733. The molecule has 1 fully saturated rings. The molecule has 5 heteroatoms. The van der Waals surface area contributed by atoms with Crippen molar-refractivity contribution in [1.29, 1.82) is 0 Å². The Bertz CT molecular complexity index is 327. The van der Waals surface area contributed by atoms with Gasteiger partial charge in [-0.15, -0.1) is 11.6 Å². The van der Waals surface area contributed by atoms with Crippen LogP contribution in [0.4, 0.5) is 0 Å². The fourth-order valence-electron chi connectivity index (χ4n) is 1.81. The normalized spacial score (nSPS) is 29.0. The highest BCUT2D eigenvalue weighted by Crippen LogP contribution is 2.31. The van der Waals surface area contributed by atoms with Gasteiger partial charge in [0, 0.05) is 19.1 Å². The van der Waals surface area contributed by atoms with Gasteiger partial charge in [-0.2, -0.15) is 4.98 Å². The molecule has 1 aliphatic heterocycles. The van der Waals surface area contributed by atoms with E-state index in [0.717, 1.165) is 19.6 Å². The minimum absolute atomic E-state index is 0.197. The van der Waals surface area contributed by atoms with E-state index < -0.39 is 0 Å². The first kappa shape index (κ1) is 10.9. The molecule has 0 bridgehead atoms. The zero-order valence-electron chi connectivity index (χ0n) is 8.94. The standard InChI is InChI=1S/C10H15ClN2O2/c1-6-5-14-4-3-8(6)10-12-9(7(2)11)13-15-10/h6-8H,3-5H2,1-2H3. The maximum Gasteiger partial charge on any atom is 0.230 e. The van der Waals surface area contributed by atoms with Crippen LogP contribution in [-0.2, 0) is 4.74 Å². The lowest BCUT2D eigenvalue weighted by Gasteiger charge is -2.25. The second kappa shape index (κ2) is 4.49. The Kier molecular flexibility index (Phi) is 3.26. The van der Waals surface area contributed by atoms with Gasteiger partial charge in [0.05, 0.1) is 5.38 Å². The molecular weight excluding hydrogens is 216 g/mol. The molecule has 1 aromatic heterocycles.